The maximum Gasteiger partial charge on any atom is 0.234 e. The van der Waals surface area contributed by atoms with Gasteiger partial charge < -0.3 is 10.6 Å². The molecule has 13 heavy (non-hydrogen) atoms. The molecule has 0 rings (SSSR count). The lowest BCUT2D eigenvalue weighted by molar-refractivity contribution is -0.120. The predicted molar refractivity (Wildman–Crippen MR) is 55.8 cm³/mol. The smallest absolute Gasteiger partial charge is 0.234 e. The summed E-state index contributed by atoms with van der Waals surface area (Å²) in [5.41, 5.74) is 0. The molecule has 3 nitrogen and oxygen atoms in total. The average Bonchev–Trinajstić information content (AvgIpc) is 2.03. The van der Waals surface area contributed by atoms with Crippen molar-refractivity contribution in [3.05, 3.63) is 11.6 Å². The third-order valence-electron chi connectivity index (χ3n) is 1.62. The molecule has 1 atom stereocenters. The number of hydrogen-bond donors (Lipinski definition) is 2. The van der Waals surface area contributed by atoms with Gasteiger partial charge in [-0.1, -0.05) is 25.1 Å². The van der Waals surface area contributed by atoms with E-state index in [0.29, 0.717) is 11.6 Å². The van der Waals surface area contributed by atoms with Gasteiger partial charge in [0.1, 0.15) is 0 Å². The van der Waals surface area contributed by atoms with Crippen LogP contribution in [-0.4, -0.2) is 25.0 Å². The largest absolute Gasteiger partial charge is 0.353 e. The molecular weight excluding hydrogens is 188 g/mol. The van der Waals surface area contributed by atoms with E-state index in [1.165, 1.54) is 0 Å². The lowest BCUT2D eigenvalue weighted by Crippen LogP contribution is -2.38. The maximum absolute atomic E-state index is 11.1. The van der Waals surface area contributed by atoms with Crippen LogP contribution in [0.3, 0.4) is 0 Å². The molecule has 0 aromatic heterocycles. The van der Waals surface area contributed by atoms with Gasteiger partial charge in [0, 0.05) is 17.6 Å². The van der Waals surface area contributed by atoms with Crippen molar-refractivity contribution in [1.29, 1.82) is 0 Å². The second-order valence-electron chi connectivity index (χ2n) is 3.00. The summed E-state index contributed by atoms with van der Waals surface area (Å²) in [6.07, 6.45) is 0.938. The van der Waals surface area contributed by atoms with Gasteiger partial charge in [-0.3, -0.25) is 4.79 Å². The van der Waals surface area contributed by atoms with E-state index in [4.69, 9.17) is 11.6 Å². The van der Waals surface area contributed by atoms with Crippen molar-refractivity contribution in [1.82, 2.24) is 10.6 Å². The molecule has 0 bridgehead atoms. The van der Waals surface area contributed by atoms with Crippen LogP contribution in [0.4, 0.5) is 0 Å². The highest BCUT2D eigenvalue weighted by Crippen LogP contribution is 1.91. The monoisotopic (exact) mass is 204 g/mol. The highest BCUT2D eigenvalue weighted by Gasteiger charge is 2.03. The lowest BCUT2D eigenvalue weighted by Gasteiger charge is -2.11. The fraction of sp³-hybridized carbons (Fsp3) is 0.667. The highest BCUT2D eigenvalue weighted by molar-refractivity contribution is 6.29. The van der Waals surface area contributed by atoms with Crippen LogP contribution in [0.25, 0.3) is 0 Å². The van der Waals surface area contributed by atoms with Crippen LogP contribution in [0.15, 0.2) is 11.6 Å². The minimum Gasteiger partial charge on any atom is -0.353 e. The summed E-state index contributed by atoms with van der Waals surface area (Å²) < 4.78 is 0. The normalized spacial score (nSPS) is 12.2. The van der Waals surface area contributed by atoms with Crippen molar-refractivity contribution < 1.29 is 4.79 Å². The van der Waals surface area contributed by atoms with Gasteiger partial charge in [0.15, 0.2) is 0 Å². The van der Waals surface area contributed by atoms with Crippen molar-refractivity contribution >= 4 is 17.5 Å². The van der Waals surface area contributed by atoms with E-state index in [-0.39, 0.29) is 18.5 Å². The number of halogens is 1. The van der Waals surface area contributed by atoms with Crippen molar-refractivity contribution in [2.24, 2.45) is 0 Å². The number of rotatable bonds is 6. The van der Waals surface area contributed by atoms with Gasteiger partial charge in [0.2, 0.25) is 5.91 Å². The van der Waals surface area contributed by atoms with E-state index in [2.05, 4.69) is 17.2 Å². The Labute approximate surface area is 84.5 Å². The molecule has 1 amide bonds. The van der Waals surface area contributed by atoms with E-state index in [1.807, 2.05) is 13.8 Å². The molecule has 76 valence electrons. The number of carbonyl (C=O) groups is 1. The zero-order chi connectivity index (χ0) is 10.3. The molecule has 0 aromatic carbocycles. The number of amides is 1. The van der Waals surface area contributed by atoms with Gasteiger partial charge in [-0.15, -0.1) is 0 Å². The van der Waals surface area contributed by atoms with E-state index < -0.39 is 0 Å². The van der Waals surface area contributed by atoms with Crippen LogP contribution in [0.1, 0.15) is 20.3 Å². The molecule has 0 saturated heterocycles. The number of hydrogen-bond acceptors (Lipinski definition) is 2. The first-order valence-electron chi connectivity index (χ1n) is 4.39. The van der Waals surface area contributed by atoms with Crippen LogP contribution in [0.2, 0.25) is 0 Å². The molecule has 0 radical (unpaired) electrons. The van der Waals surface area contributed by atoms with Gasteiger partial charge in [0.25, 0.3) is 0 Å². The third kappa shape index (κ3) is 7.81. The first-order valence-corrected chi connectivity index (χ1v) is 4.77. The molecule has 1 unspecified atom stereocenters. The van der Waals surface area contributed by atoms with Crippen LogP contribution < -0.4 is 10.6 Å². The zero-order valence-corrected chi connectivity index (χ0v) is 8.95. The zero-order valence-electron chi connectivity index (χ0n) is 8.19. The van der Waals surface area contributed by atoms with E-state index in [0.717, 1.165) is 6.42 Å². The van der Waals surface area contributed by atoms with Crippen LogP contribution in [0.5, 0.6) is 0 Å². The minimum absolute atomic E-state index is 0.00716. The Kier molecular flexibility index (Phi) is 6.63. The van der Waals surface area contributed by atoms with Crippen molar-refractivity contribution in [2.45, 2.75) is 26.3 Å². The summed E-state index contributed by atoms with van der Waals surface area (Å²) in [6.45, 7) is 8.25. The Morgan fingerprint density at radius 2 is 2.15 bits per heavy atom. The minimum atomic E-state index is -0.00716. The Balaban J connectivity index is 3.46. The summed E-state index contributed by atoms with van der Waals surface area (Å²) >= 11 is 5.51. The van der Waals surface area contributed by atoms with E-state index in [1.54, 1.807) is 0 Å². The van der Waals surface area contributed by atoms with Gasteiger partial charge in [-0.2, -0.15) is 0 Å². The molecule has 0 aromatic rings. The second-order valence-corrected chi connectivity index (χ2v) is 3.53. The van der Waals surface area contributed by atoms with Crippen molar-refractivity contribution in [3.8, 4) is 0 Å². The van der Waals surface area contributed by atoms with Gasteiger partial charge in [-0.05, 0) is 13.3 Å². The summed E-state index contributed by atoms with van der Waals surface area (Å²) in [5, 5.41) is 6.21. The fourth-order valence-electron chi connectivity index (χ4n) is 0.740. The summed E-state index contributed by atoms with van der Waals surface area (Å²) in [4.78, 5) is 11.1. The van der Waals surface area contributed by atoms with Crippen LogP contribution >= 0.6 is 11.6 Å². The highest BCUT2D eigenvalue weighted by atomic mass is 35.5. The maximum atomic E-state index is 11.1. The SMILES string of the molecule is C=C(Cl)CNCC(=O)NC(C)CC. The van der Waals surface area contributed by atoms with Crippen molar-refractivity contribution in [3.63, 3.8) is 0 Å². The predicted octanol–water partition coefficient (Wildman–Crippen LogP) is 1.24. The summed E-state index contributed by atoms with van der Waals surface area (Å²) in [6, 6.07) is 0.230. The molecule has 0 aliphatic rings. The number of carbonyl (C=O) groups excluding carboxylic acids is 1. The van der Waals surface area contributed by atoms with Gasteiger partial charge in [0.05, 0.1) is 6.54 Å². The quantitative estimate of drug-likeness (QED) is 0.684. The second kappa shape index (κ2) is 6.92. The summed E-state index contributed by atoms with van der Waals surface area (Å²) in [7, 11) is 0. The lowest BCUT2D eigenvalue weighted by atomic mass is 10.2. The molecule has 0 saturated carbocycles. The topological polar surface area (TPSA) is 41.1 Å². The first kappa shape index (κ1) is 12.5. The molecular formula is C9H17ClN2O. The molecule has 0 aliphatic heterocycles. The van der Waals surface area contributed by atoms with E-state index in [9.17, 15) is 4.79 Å². The van der Waals surface area contributed by atoms with Crippen molar-refractivity contribution in [2.75, 3.05) is 13.1 Å². The Morgan fingerprint density at radius 1 is 1.54 bits per heavy atom. The molecule has 0 spiro atoms. The molecule has 2 N–H and O–H groups in total. The molecule has 0 heterocycles. The Morgan fingerprint density at radius 3 is 2.62 bits per heavy atom. The first-order chi connectivity index (χ1) is 6.06. The third-order valence-corrected chi connectivity index (χ3v) is 1.76. The fourth-order valence-corrected chi connectivity index (χ4v) is 0.834. The van der Waals surface area contributed by atoms with Gasteiger partial charge in [-0.25, -0.2) is 0 Å². The summed E-state index contributed by atoms with van der Waals surface area (Å²) in [5.74, 6) is -0.00716. The van der Waals surface area contributed by atoms with Crippen LogP contribution in [-0.2, 0) is 4.79 Å². The Bertz CT molecular complexity index is 182. The van der Waals surface area contributed by atoms with Gasteiger partial charge >= 0.3 is 0 Å². The molecule has 0 aliphatic carbocycles. The average molecular weight is 205 g/mol. The standard InChI is InChI=1S/C9H17ClN2O/c1-4-8(3)12-9(13)6-11-5-7(2)10/h8,11H,2,4-6H2,1,3H3,(H,12,13). The van der Waals surface area contributed by atoms with E-state index >= 15 is 0 Å². The number of nitrogens with one attached hydrogen (secondary N) is 2. The van der Waals surface area contributed by atoms with Crippen LogP contribution in [0, 0.1) is 0 Å². The molecule has 4 heteroatoms. The Hall–Kier alpha value is -0.540. The molecule has 0 fully saturated rings.